The predicted molar refractivity (Wildman–Crippen MR) is 106 cm³/mol. The van der Waals surface area contributed by atoms with Gasteiger partial charge in [0.15, 0.2) is 0 Å². The lowest BCUT2D eigenvalue weighted by Gasteiger charge is -2.22. The molecule has 1 N–H and O–H groups in total. The second-order valence-corrected chi connectivity index (χ2v) is 8.28. The molecule has 1 aliphatic rings. The lowest BCUT2D eigenvalue weighted by molar-refractivity contribution is -0.130. The summed E-state index contributed by atoms with van der Waals surface area (Å²) in [6.45, 7) is 4.00. The number of nitrogens with one attached hydrogen (secondary N) is 1. The van der Waals surface area contributed by atoms with Gasteiger partial charge in [0.25, 0.3) is 5.91 Å². The Hall–Kier alpha value is -1.69. The number of urea groups is 1. The third kappa shape index (κ3) is 3.70. The number of carbonyl (C=O) groups is 2. The Bertz CT molecular complexity index is 857. The van der Waals surface area contributed by atoms with Crippen molar-refractivity contribution in [3.63, 3.8) is 0 Å². The molecule has 1 fully saturated rings. The number of rotatable bonds is 5. The maximum absolute atomic E-state index is 12.9. The van der Waals surface area contributed by atoms with Crippen molar-refractivity contribution in [1.82, 2.24) is 10.2 Å². The van der Waals surface area contributed by atoms with Crippen molar-refractivity contribution >= 4 is 46.9 Å². The number of aryl methyl sites for hydroxylation is 1. The number of hydrogen-bond acceptors (Lipinski definition) is 3. The molecule has 26 heavy (non-hydrogen) atoms. The summed E-state index contributed by atoms with van der Waals surface area (Å²) in [5.41, 5.74) is 0.832. The van der Waals surface area contributed by atoms with Gasteiger partial charge in [0.1, 0.15) is 5.54 Å². The summed E-state index contributed by atoms with van der Waals surface area (Å²) in [4.78, 5) is 27.3. The zero-order chi connectivity index (χ0) is 18.9. The molecular weight excluding hydrogens is 391 g/mol. The molecule has 0 unspecified atom stereocenters. The standard InChI is InChI=1S/C19H18Cl2N2O2S/c1-12-3-5-13(6-4-12)19(2)17(24)23(18(25)22-19)9-10-26-16-11-14(20)7-8-15(16)21/h3-8,11H,9-10H2,1-2H3,(H,22,25)/t19-/m0/s1. The average molecular weight is 409 g/mol. The van der Waals surface area contributed by atoms with Gasteiger partial charge in [0, 0.05) is 22.2 Å². The summed E-state index contributed by atoms with van der Waals surface area (Å²) in [6.07, 6.45) is 0. The van der Waals surface area contributed by atoms with E-state index >= 15 is 0 Å². The van der Waals surface area contributed by atoms with Crippen molar-refractivity contribution in [2.45, 2.75) is 24.3 Å². The molecule has 0 radical (unpaired) electrons. The van der Waals surface area contributed by atoms with Gasteiger partial charge in [-0.3, -0.25) is 9.69 Å². The molecule has 1 aliphatic heterocycles. The minimum atomic E-state index is -1.04. The smallest absolute Gasteiger partial charge is 0.319 e. The van der Waals surface area contributed by atoms with E-state index in [-0.39, 0.29) is 11.9 Å². The lowest BCUT2D eigenvalue weighted by Crippen LogP contribution is -2.41. The second kappa shape index (κ2) is 7.51. The molecule has 1 heterocycles. The lowest BCUT2D eigenvalue weighted by atomic mass is 9.91. The first-order valence-corrected chi connectivity index (χ1v) is 9.84. The van der Waals surface area contributed by atoms with E-state index in [9.17, 15) is 9.59 Å². The minimum Gasteiger partial charge on any atom is -0.319 e. The highest BCUT2D eigenvalue weighted by atomic mass is 35.5. The maximum Gasteiger partial charge on any atom is 0.325 e. The molecule has 1 atom stereocenters. The van der Waals surface area contributed by atoms with Gasteiger partial charge in [0.2, 0.25) is 0 Å². The van der Waals surface area contributed by atoms with Crippen LogP contribution in [0.5, 0.6) is 0 Å². The van der Waals surface area contributed by atoms with Crippen molar-refractivity contribution in [3.05, 3.63) is 63.6 Å². The Balaban J connectivity index is 1.69. The summed E-state index contributed by atoms with van der Waals surface area (Å²) in [6, 6.07) is 12.5. The highest BCUT2D eigenvalue weighted by Crippen LogP contribution is 2.32. The van der Waals surface area contributed by atoms with Gasteiger partial charge >= 0.3 is 6.03 Å². The van der Waals surface area contributed by atoms with E-state index < -0.39 is 5.54 Å². The normalized spacial score (nSPS) is 19.8. The number of thioether (sulfide) groups is 1. The fourth-order valence-electron chi connectivity index (χ4n) is 2.82. The summed E-state index contributed by atoms with van der Waals surface area (Å²) >= 11 is 13.6. The second-order valence-electron chi connectivity index (χ2n) is 6.30. The first-order valence-electron chi connectivity index (χ1n) is 8.10. The summed E-state index contributed by atoms with van der Waals surface area (Å²) in [7, 11) is 0. The van der Waals surface area contributed by atoms with Crippen molar-refractivity contribution in [2.75, 3.05) is 12.3 Å². The average Bonchev–Trinajstić information content (AvgIpc) is 2.82. The van der Waals surface area contributed by atoms with Crippen molar-refractivity contribution < 1.29 is 9.59 Å². The van der Waals surface area contributed by atoms with E-state index in [0.717, 1.165) is 16.0 Å². The number of benzene rings is 2. The molecule has 4 nitrogen and oxygen atoms in total. The topological polar surface area (TPSA) is 49.4 Å². The van der Waals surface area contributed by atoms with E-state index in [1.165, 1.54) is 16.7 Å². The van der Waals surface area contributed by atoms with E-state index in [1.807, 2.05) is 31.2 Å². The Morgan fingerprint density at radius 1 is 1.12 bits per heavy atom. The van der Waals surface area contributed by atoms with Crippen LogP contribution in [0.3, 0.4) is 0 Å². The zero-order valence-corrected chi connectivity index (χ0v) is 16.7. The fourth-order valence-corrected chi connectivity index (χ4v) is 4.25. The van der Waals surface area contributed by atoms with Gasteiger partial charge in [-0.05, 0) is 37.6 Å². The summed E-state index contributed by atoms with van der Waals surface area (Å²) in [5, 5.41) is 4.01. The highest BCUT2D eigenvalue weighted by molar-refractivity contribution is 7.99. The summed E-state index contributed by atoms with van der Waals surface area (Å²) in [5.74, 6) is 0.285. The molecule has 0 bridgehead atoms. The molecule has 136 valence electrons. The van der Waals surface area contributed by atoms with Crippen LogP contribution >= 0.6 is 35.0 Å². The van der Waals surface area contributed by atoms with E-state index in [1.54, 1.807) is 25.1 Å². The monoisotopic (exact) mass is 408 g/mol. The molecule has 3 rings (SSSR count). The number of hydrogen-bond donors (Lipinski definition) is 1. The van der Waals surface area contributed by atoms with Crippen LogP contribution in [0.25, 0.3) is 0 Å². The molecule has 3 amide bonds. The Kier molecular flexibility index (Phi) is 5.51. The van der Waals surface area contributed by atoms with Crippen molar-refractivity contribution in [1.29, 1.82) is 0 Å². The van der Waals surface area contributed by atoms with Crippen LogP contribution in [0, 0.1) is 6.92 Å². The summed E-state index contributed by atoms with van der Waals surface area (Å²) < 4.78 is 0. The molecule has 2 aromatic carbocycles. The number of carbonyl (C=O) groups excluding carboxylic acids is 2. The Labute approximate surface area is 166 Å². The third-order valence-corrected chi connectivity index (χ3v) is 6.08. The molecule has 2 aromatic rings. The largest absolute Gasteiger partial charge is 0.325 e. The number of imide groups is 1. The molecule has 0 saturated carbocycles. The molecule has 0 aromatic heterocycles. The predicted octanol–water partition coefficient (Wildman–Crippen LogP) is 4.86. The molecule has 1 saturated heterocycles. The van der Waals surface area contributed by atoms with Crippen LogP contribution in [-0.2, 0) is 10.3 Å². The first-order chi connectivity index (χ1) is 12.3. The van der Waals surface area contributed by atoms with E-state index in [4.69, 9.17) is 23.2 Å². The number of halogens is 2. The van der Waals surface area contributed by atoms with Crippen LogP contribution < -0.4 is 5.32 Å². The van der Waals surface area contributed by atoms with E-state index in [0.29, 0.717) is 22.3 Å². The Morgan fingerprint density at radius 3 is 2.50 bits per heavy atom. The van der Waals surface area contributed by atoms with Gasteiger partial charge in [0.05, 0.1) is 5.02 Å². The van der Waals surface area contributed by atoms with Crippen LogP contribution in [0.1, 0.15) is 18.1 Å². The van der Waals surface area contributed by atoms with Crippen LogP contribution in [-0.4, -0.2) is 29.1 Å². The molecule has 0 aliphatic carbocycles. The van der Waals surface area contributed by atoms with Gasteiger partial charge in [-0.15, -0.1) is 11.8 Å². The third-order valence-electron chi connectivity index (χ3n) is 4.37. The molecular formula is C19H18Cl2N2O2S. The van der Waals surface area contributed by atoms with E-state index in [2.05, 4.69) is 5.32 Å². The van der Waals surface area contributed by atoms with Gasteiger partial charge in [-0.25, -0.2) is 4.79 Å². The van der Waals surface area contributed by atoms with Crippen LogP contribution in [0.15, 0.2) is 47.4 Å². The van der Waals surface area contributed by atoms with Crippen molar-refractivity contribution in [3.8, 4) is 0 Å². The van der Waals surface area contributed by atoms with Crippen LogP contribution in [0.4, 0.5) is 4.79 Å². The van der Waals surface area contributed by atoms with Gasteiger partial charge in [-0.2, -0.15) is 0 Å². The molecule has 0 spiro atoms. The SMILES string of the molecule is Cc1ccc([C@]2(C)NC(=O)N(CCSc3cc(Cl)ccc3Cl)C2=O)cc1. The highest BCUT2D eigenvalue weighted by Gasteiger charge is 2.48. The zero-order valence-electron chi connectivity index (χ0n) is 14.4. The quantitative estimate of drug-likeness (QED) is 0.567. The van der Waals surface area contributed by atoms with Crippen molar-refractivity contribution in [2.24, 2.45) is 0 Å². The molecule has 7 heteroatoms. The Morgan fingerprint density at radius 2 is 1.81 bits per heavy atom. The fraction of sp³-hybridized carbons (Fsp3) is 0.263. The maximum atomic E-state index is 12.9. The van der Waals surface area contributed by atoms with Crippen LogP contribution in [0.2, 0.25) is 10.0 Å². The minimum absolute atomic E-state index is 0.246. The number of nitrogens with zero attached hydrogens (tertiary/aromatic N) is 1. The van der Waals surface area contributed by atoms with Gasteiger partial charge in [-0.1, -0.05) is 53.0 Å². The van der Waals surface area contributed by atoms with Gasteiger partial charge < -0.3 is 5.32 Å². The first kappa shape index (κ1) is 19.1. The number of amides is 3.